The minimum atomic E-state index is 0.847. The fourth-order valence-corrected chi connectivity index (χ4v) is 4.00. The molecule has 3 unspecified atom stereocenters. The predicted octanol–water partition coefficient (Wildman–Crippen LogP) is 3.98. The number of hydrogen-bond acceptors (Lipinski definition) is 1. The van der Waals surface area contributed by atoms with Crippen LogP contribution in [0.4, 0.5) is 0 Å². The van der Waals surface area contributed by atoms with Gasteiger partial charge in [-0.1, -0.05) is 39.5 Å². The lowest BCUT2D eigenvalue weighted by atomic mass is 9.81. The van der Waals surface area contributed by atoms with Gasteiger partial charge in [-0.2, -0.15) is 0 Å². The van der Waals surface area contributed by atoms with Crippen LogP contribution in [0.25, 0.3) is 0 Å². The van der Waals surface area contributed by atoms with E-state index in [1.165, 1.54) is 57.9 Å². The third-order valence-electron chi connectivity index (χ3n) is 4.93. The van der Waals surface area contributed by atoms with Gasteiger partial charge in [0.1, 0.15) is 0 Å². The second-order valence-corrected chi connectivity index (χ2v) is 6.10. The zero-order chi connectivity index (χ0) is 11.4. The molecule has 0 aliphatic heterocycles. The van der Waals surface area contributed by atoms with Crippen molar-refractivity contribution in [3.05, 3.63) is 0 Å². The van der Waals surface area contributed by atoms with E-state index in [1.54, 1.807) is 0 Å². The van der Waals surface area contributed by atoms with Crippen molar-refractivity contribution in [2.45, 2.75) is 71.3 Å². The molecule has 1 heteroatoms. The molecule has 0 aromatic rings. The predicted molar refractivity (Wildman–Crippen MR) is 70.5 cm³/mol. The van der Waals surface area contributed by atoms with Crippen LogP contribution in [-0.2, 0) is 0 Å². The average Bonchev–Trinajstić information content (AvgIpc) is 2.91. The minimum Gasteiger partial charge on any atom is -0.313 e. The Morgan fingerprint density at radius 3 is 2.38 bits per heavy atom. The van der Waals surface area contributed by atoms with Crippen molar-refractivity contribution < 1.29 is 0 Å². The van der Waals surface area contributed by atoms with Crippen molar-refractivity contribution in [3.63, 3.8) is 0 Å². The monoisotopic (exact) mass is 223 g/mol. The first kappa shape index (κ1) is 12.4. The molecule has 16 heavy (non-hydrogen) atoms. The van der Waals surface area contributed by atoms with Crippen molar-refractivity contribution in [2.24, 2.45) is 17.8 Å². The lowest BCUT2D eigenvalue weighted by Gasteiger charge is -2.33. The van der Waals surface area contributed by atoms with E-state index in [4.69, 9.17) is 0 Å². The highest BCUT2D eigenvalue weighted by Gasteiger charge is 2.36. The van der Waals surface area contributed by atoms with Gasteiger partial charge in [0.2, 0.25) is 0 Å². The molecule has 3 atom stereocenters. The quantitative estimate of drug-likeness (QED) is 0.743. The standard InChI is InChI=1S/C15H29N/c1-3-11-16-15(13-8-4-5-9-13)14-10-6-7-12(14)2/h12-16H,3-11H2,1-2H3. The normalized spacial score (nSPS) is 33.4. The third kappa shape index (κ3) is 2.80. The maximum Gasteiger partial charge on any atom is 0.0126 e. The zero-order valence-electron chi connectivity index (χ0n) is 11.2. The van der Waals surface area contributed by atoms with Gasteiger partial charge in [0, 0.05) is 6.04 Å². The summed E-state index contributed by atoms with van der Waals surface area (Å²) in [7, 11) is 0. The molecule has 2 fully saturated rings. The number of nitrogens with one attached hydrogen (secondary N) is 1. The molecule has 0 aromatic carbocycles. The first-order valence-electron chi connectivity index (χ1n) is 7.56. The second-order valence-electron chi connectivity index (χ2n) is 6.10. The summed E-state index contributed by atoms with van der Waals surface area (Å²) < 4.78 is 0. The summed E-state index contributed by atoms with van der Waals surface area (Å²) >= 11 is 0. The number of hydrogen-bond donors (Lipinski definition) is 1. The summed E-state index contributed by atoms with van der Waals surface area (Å²) in [4.78, 5) is 0. The van der Waals surface area contributed by atoms with Crippen molar-refractivity contribution >= 4 is 0 Å². The average molecular weight is 223 g/mol. The molecule has 1 nitrogen and oxygen atoms in total. The van der Waals surface area contributed by atoms with Crippen molar-refractivity contribution in [2.75, 3.05) is 6.54 Å². The van der Waals surface area contributed by atoms with Crippen LogP contribution in [0.2, 0.25) is 0 Å². The SMILES string of the molecule is CCCNC(C1CCCC1)C1CCCC1C. The van der Waals surface area contributed by atoms with Gasteiger partial charge in [-0.3, -0.25) is 0 Å². The van der Waals surface area contributed by atoms with E-state index in [-0.39, 0.29) is 0 Å². The summed E-state index contributed by atoms with van der Waals surface area (Å²) in [6, 6.07) is 0.847. The molecule has 0 radical (unpaired) electrons. The highest BCUT2D eigenvalue weighted by molar-refractivity contribution is 4.90. The third-order valence-corrected chi connectivity index (χ3v) is 4.93. The van der Waals surface area contributed by atoms with Gasteiger partial charge < -0.3 is 5.32 Å². The van der Waals surface area contributed by atoms with Gasteiger partial charge in [-0.25, -0.2) is 0 Å². The molecule has 0 amide bonds. The Hall–Kier alpha value is -0.0400. The molecule has 0 bridgehead atoms. The Morgan fingerprint density at radius 1 is 1.06 bits per heavy atom. The summed E-state index contributed by atoms with van der Waals surface area (Å²) in [6.07, 6.45) is 11.7. The van der Waals surface area contributed by atoms with Crippen LogP contribution in [0.3, 0.4) is 0 Å². The summed E-state index contributed by atoms with van der Waals surface area (Å²) in [5.41, 5.74) is 0. The van der Waals surface area contributed by atoms with E-state index >= 15 is 0 Å². The van der Waals surface area contributed by atoms with Crippen LogP contribution in [0.1, 0.15) is 65.2 Å². The number of rotatable bonds is 5. The van der Waals surface area contributed by atoms with Crippen LogP contribution < -0.4 is 5.32 Å². The second kappa shape index (κ2) is 6.05. The molecule has 2 aliphatic carbocycles. The fraction of sp³-hybridized carbons (Fsp3) is 1.00. The molecule has 94 valence electrons. The van der Waals surface area contributed by atoms with E-state index in [9.17, 15) is 0 Å². The van der Waals surface area contributed by atoms with E-state index < -0.39 is 0 Å². The Labute approximate surface area is 101 Å². The Morgan fingerprint density at radius 2 is 1.81 bits per heavy atom. The smallest absolute Gasteiger partial charge is 0.0126 e. The van der Waals surface area contributed by atoms with Crippen LogP contribution in [-0.4, -0.2) is 12.6 Å². The van der Waals surface area contributed by atoms with Gasteiger partial charge in [0.25, 0.3) is 0 Å². The van der Waals surface area contributed by atoms with Gasteiger partial charge in [-0.15, -0.1) is 0 Å². The molecule has 1 N–H and O–H groups in total. The summed E-state index contributed by atoms with van der Waals surface area (Å²) in [6.45, 7) is 5.99. The molecule has 0 spiro atoms. The van der Waals surface area contributed by atoms with Gasteiger partial charge in [0.15, 0.2) is 0 Å². The van der Waals surface area contributed by atoms with Crippen LogP contribution in [0, 0.1) is 17.8 Å². The van der Waals surface area contributed by atoms with Crippen molar-refractivity contribution in [1.82, 2.24) is 5.32 Å². The lowest BCUT2D eigenvalue weighted by Crippen LogP contribution is -2.42. The molecular weight excluding hydrogens is 194 g/mol. The van der Waals surface area contributed by atoms with Crippen molar-refractivity contribution in [1.29, 1.82) is 0 Å². The van der Waals surface area contributed by atoms with E-state index in [1.807, 2.05) is 0 Å². The van der Waals surface area contributed by atoms with Gasteiger partial charge in [-0.05, 0) is 50.0 Å². The van der Waals surface area contributed by atoms with Crippen LogP contribution >= 0.6 is 0 Å². The minimum absolute atomic E-state index is 0.847. The molecular formula is C15H29N. The topological polar surface area (TPSA) is 12.0 Å². The van der Waals surface area contributed by atoms with E-state index in [0.29, 0.717) is 0 Å². The zero-order valence-corrected chi connectivity index (χ0v) is 11.2. The molecule has 0 aromatic heterocycles. The van der Waals surface area contributed by atoms with Crippen LogP contribution in [0.15, 0.2) is 0 Å². The fourth-order valence-electron chi connectivity index (χ4n) is 4.00. The molecule has 2 aliphatic rings. The molecule has 0 saturated heterocycles. The Balaban J connectivity index is 1.95. The first-order chi connectivity index (χ1) is 7.83. The maximum atomic E-state index is 3.88. The van der Waals surface area contributed by atoms with Crippen LogP contribution in [0.5, 0.6) is 0 Å². The molecule has 2 saturated carbocycles. The maximum absolute atomic E-state index is 3.88. The van der Waals surface area contributed by atoms with Gasteiger partial charge in [0.05, 0.1) is 0 Å². The van der Waals surface area contributed by atoms with Crippen molar-refractivity contribution in [3.8, 4) is 0 Å². The van der Waals surface area contributed by atoms with E-state index in [0.717, 1.165) is 23.8 Å². The molecule has 2 rings (SSSR count). The first-order valence-corrected chi connectivity index (χ1v) is 7.56. The summed E-state index contributed by atoms with van der Waals surface area (Å²) in [5, 5.41) is 3.88. The highest BCUT2D eigenvalue weighted by atomic mass is 14.9. The largest absolute Gasteiger partial charge is 0.313 e. The Bertz CT molecular complexity index is 196. The van der Waals surface area contributed by atoms with E-state index in [2.05, 4.69) is 19.2 Å². The molecule has 0 heterocycles. The Kier molecular flexibility index (Phi) is 4.69. The highest BCUT2D eigenvalue weighted by Crippen LogP contribution is 2.40. The van der Waals surface area contributed by atoms with Gasteiger partial charge >= 0.3 is 0 Å². The lowest BCUT2D eigenvalue weighted by molar-refractivity contribution is 0.223. The summed E-state index contributed by atoms with van der Waals surface area (Å²) in [5.74, 6) is 2.95.